The van der Waals surface area contributed by atoms with Crippen LogP contribution < -0.4 is 11.1 Å². The van der Waals surface area contributed by atoms with Crippen molar-refractivity contribution in [2.24, 2.45) is 5.10 Å². The molecule has 0 unspecified atom stereocenters. The summed E-state index contributed by atoms with van der Waals surface area (Å²) in [6.45, 7) is 0. The first kappa shape index (κ1) is 12.4. The molecule has 3 rings (SSSR count). The van der Waals surface area contributed by atoms with Gasteiger partial charge in [0.2, 0.25) is 0 Å². The number of imidazole rings is 1. The second kappa shape index (κ2) is 5.14. The number of aromatic amines is 2. The lowest BCUT2D eigenvalue weighted by Gasteiger charge is -2.00. The van der Waals surface area contributed by atoms with Crippen molar-refractivity contribution in [2.45, 2.75) is 0 Å². The van der Waals surface area contributed by atoms with E-state index in [1.165, 1.54) is 6.33 Å². The molecule has 2 heterocycles. The Morgan fingerprint density at radius 2 is 2.10 bits per heavy atom. The number of fused-ring (bicyclic) bond motifs is 1. The summed E-state index contributed by atoms with van der Waals surface area (Å²) >= 11 is 5.79. The van der Waals surface area contributed by atoms with Gasteiger partial charge in [0.25, 0.3) is 0 Å². The highest BCUT2D eigenvalue weighted by molar-refractivity contribution is 6.30. The third-order valence-electron chi connectivity index (χ3n) is 2.57. The summed E-state index contributed by atoms with van der Waals surface area (Å²) in [5.74, 6) is 0.405. The molecular weight excluding hydrogens is 280 g/mol. The molecule has 7 nitrogen and oxygen atoms in total. The van der Waals surface area contributed by atoms with Crippen molar-refractivity contribution in [2.75, 3.05) is 5.43 Å². The van der Waals surface area contributed by atoms with Crippen LogP contribution in [0.3, 0.4) is 0 Å². The van der Waals surface area contributed by atoms with Gasteiger partial charge in [-0.1, -0.05) is 23.7 Å². The van der Waals surface area contributed by atoms with Crippen LogP contribution in [0.2, 0.25) is 5.02 Å². The SMILES string of the molecule is O=c1nc2nc[nH]c2c(N/N=C/c2ccc(Cl)cc2)[nH]1. The molecule has 0 aliphatic heterocycles. The Morgan fingerprint density at radius 3 is 2.90 bits per heavy atom. The summed E-state index contributed by atoms with van der Waals surface area (Å²) in [5, 5.41) is 4.71. The van der Waals surface area contributed by atoms with Gasteiger partial charge >= 0.3 is 5.69 Å². The van der Waals surface area contributed by atoms with Crippen molar-refractivity contribution in [1.82, 2.24) is 19.9 Å². The monoisotopic (exact) mass is 288 g/mol. The van der Waals surface area contributed by atoms with Gasteiger partial charge in [0, 0.05) is 5.02 Å². The number of H-pyrrole nitrogens is 2. The van der Waals surface area contributed by atoms with Crippen LogP contribution in [-0.2, 0) is 0 Å². The van der Waals surface area contributed by atoms with Crippen LogP contribution in [0.4, 0.5) is 5.82 Å². The van der Waals surface area contributed by atoms with E-state index in [-0.39, 0.29) is 0 Å². The van der Waals surface area contributed by atoms with Gasteiger partial charge in [0.05, 0.1) is 12.5 Å². The first-order valence-corrected chi connectivity index (χ1v) is 6.08. The van der Waals surface area contributed by atoms with Gasteiger partial charge in [-0.2, -0.15) is 10.1 Å². The van der Waals surface area contributed by atoms with Crippen LogP contribution >= 0.6 is 11.6 Å². The van der Waals surface area contributed by atoms with E-state index >= 15 is 0 Å². The third-order valence-corrected chi connectivity index (χ3v) is 2.82. The van der Waals surface area contributed by atoms with Gasteiger partial charge in [-0.15, -0.1) is 0 Å². The molecule has 0 spiro atoms. The molecule has 0 amide bonds. The Hall–Kier alpha value is -2.67. The first-order valence-electron chi connectivity index (χ1n) is 5.70. The fourth-order valence-electron chi connectivity index (χ4n) is 1.65. The number of hydrazone groups is 1. The zero-order valence-corrected chi connectivity index (χ0v) is 10.8. The quantitative estimate of drug-likeness (QED) is 0.505. The van der Waals surface area contributed by atoms with Gasteiger partial charge in [-0.3, -0.25) is 10.4 Å². The predicted molar refractivity (Wildman–Crippen MR) is 77.2 cm³/mol. The van der Waals surface area contributed by atoms with E-state index in [0.29, 0.717) is 22.0 Å². The van der Waals surface area contributed by atoms with E-state index in [1.807, 2.05) is 12.1 Å². The first-order chi connectivity index (χ1) is 9.72. The maximum atomic E-state index is 11.3. The molecule has 3 N–H and O–H groups in total. The van der Waals surface area contributed by atoms with Crippen LogP contribution in [0.1, 0.15) is 5.56 Å². The van der Waals surface area contributed by atoms with Crippen molar-refractivity contribution in [3.05, 3.63) is 51.7 Å². The summed E-state index contributed by atoms with van der Waals surface area (Å²) < 4.78 is 0. The smallest absolute Gasteiger partial charge is 0.340 e. The molecule has 8 heteroatoms. The second-order valence-corrected chi connectivity index (χ2v) is 4.38. The highest BCUT2D eigenvalue weighted by Gasteiger charge is 2.05. The number of benzene rings is 1. The number of aromatic nitrogens is 4. The van der Waals surface area contributed by atoms with Crippen LogP contribution in [-0.4, -0.2) is 26.2 Å². The number of nitrogens with one attached hydrogen (secondary N) is 3. The van der Waals surface area contributed by atoms with E-state index in [9.17, 15) is 4.79 Å². The standard InChI is InChI=1S/C12H9ClN6O/c13-8-3-1-7(2-4-8)5-16-19-11-9-10(15-6-14-9)17-12(20)18-11/h1-6H,(H3,14,15,17,18,19,20)/b16-5+. The molecular formula is C12H9ClN6O. The Labute approximate surface area is 117 Å². The molecule has 0 bridgehead atoms. The second-order valence-electron chi connectivity index (χ2n) is 3.94. The van der Waals surface area contributed by atoms with Gasteiger partial charge < -0.3 is 4.98 Å². The molecule has 0 atom stereocenters. The van der Waals surface area contributed by atoms with E-state index in [2.05, 4.69) is 30.5 Å². The zero-order chi connectivity index (χ0) is 13.9. The van der Waals surface area contributed by atoms with E-state index in [4.69, 9.17) is 11.6 Å². The molecule has 0 radical (unpaired) electrons. The maximum Gasteiger partial charge on any atom is 0.348 e. The Bertz CT molecular complexity index is 820. The van der Waals surface area contributed by atoms with Gasteiger partial charge in [0.1, 0.15) is 5.52 Å². The molecule has 2 aromatic heterocycles. The number of anilines is 1. The minimum absolute atomic E-state index is 0.331. The molecule has 0 aliphatic carbocycles. The van der Waals surface area contributed by atoms with Crippen molar-refractivity contribution >= 4 is 34.8 Å². The third kappa shape index (κ3) is 2.52. The average Bonchev–Trinajstić information content (AvgIpc) is 2.89. The molecule has 1 aromatic carbocycles. The van der Waals surface area contributed by atoms with Crippen LogP contribution in [0.25, 0.3) is 11.2 Å². The van der Waals surface area contributed by atoms with E-state index in [0.717, 1.165) is 5.56 Å². The van der Waals surface area contributed by atoms with Crippen LogP contribution in [0, 0.1) is 0 Å². The zero-order valence-electron chi connectivity index (χ0n) is 10.1. The summed E-state index contributed by atoms with van der Waals surface area (Å²) in [6.07, 6.45) is 3.07. The maximum absolute atomic E-state index is 11.3. The van der Waals surface area contributed by atoms with Gasteiger partial charge in [-0.25, -0.2) is 9.78 Å². The average molecular weight is 289 g/mol. The van der Waals surface area contributed by atoms with Crippen molar-refractivity contribution in [3.63, 3.8) is 0 Å². The van der Waals surface area contributed by atoms with Gasteiger partial charge in [-0.05, 0) is 17.7 Å². The largest absolute Gasteiger partial charge is 0.348 e. The number of rotatable bonds is 3. The summed E-state index contributed by atoms with van der Waals surface area (Å²) in [4.78, 5) is 24.4. The number of halogens is 1. The lowest BCUT2D eigenvalue weighted by atomic mass is 10.2. The fourth-order valence-corrected chi connectivity index (χ4v) is 1.78. The molecule has 0 saturated carbocycles. The molecule has 0 fully saturated rings. The van der Waals surface area contributed by atoms with E-state index < -0.39 is 5.69 Å². The molecule has 3 aromatic rings. The summed E-state index contributed by atoms with van der Waals surface area (Å²) in [5.41, 5.74) is 4.04. The van der Waals surface area contributed by atoms with Crippen LogP contribution in [0.15, 0.2) is 40.5 Å². The normalized spacial score (nSPS) is 11.2. The number of hydrogen-bond donors (Lipinski definition) is 3. The molecule has 0 aliphatic rings. The van der Waals surface area contributed by atoms with E-state index in [1.54, 1.807) is 18.3 Å². The Kier molecular flexibility index (Phi) is 3.18. The summed E-state index contributed by atoms with van der Waals surface area (Å²) in [6, 6.07) is 7.19. The highest BCUT2D eigenvalue weighted by Crippen LogP contribution is 2.12. The number of hydrogen-bond acceptors (Lipinski definition) is 5. The highest BCUT2D eigenvalue weighted by atomic mass is 35.5. The fraction of sp³-hybridized carbons (Fsp3) is 0. The van der Waals surface area contributed by atoms with Crippen molar-refractivity contribution in [1.29, 1.82) is 0 Å². The molecule has 20 heavy (non-hydrogen) atoms. The molecule has 100 valence electrons. The lowest BCUT2D eigenvalue weighted by Crippen LogP contribution is -2.12. The minimum atomic E-state index is -0.492. The lowest BCUT2D eigenvalue weighted by molar-refractivity contribution is 1.09. The predicted octanol–water partition coefficient (Wildman–Crippen LogP) is 1.75. The topological polar surface area (TPSA) is 98.8 Å². The Morgan fingerprint density at radius 1 is 1.30 bits per heavy atom. The van der Waals surface area contributed by atoms with Gasteiger partial charge in [0.15, 0.2) is 11.5 Å². The summed E-state index contributed by atoms with van der Waals surface area (Å²) in [7, 11) is 0. The minimum Gasteiger partial charge on any atom is -0.340 e. The number of nitrogens with zero attached hydrogens (tertiary/aromatic N) is 3. The molecule has 0 saturated heterocycles. The Balaban J connectivity index is 1.84. The van der Waals surface area contributed by atoms with Crippen molar-refractivity contribution < 1.29 is 0 Å². The van der Waals surface area contributed by atoms with Crippen LogP contribution in [0.5, 0.6) is 0 Å². The van der Waals surface area contributed by atoms with Crippen molar-refractivity contribution in [3.8, 4) is 0 Å².